The number of aromatic nitrogens is 1. The van der Waals surface area contributed by atoms with Crippen LogP contribution in [0.4, 0.5) is 22.9 Å². The van der Waals surface area contributed by atoms with Gasteiger partial charge in [0.05, 0.1) is 17.4 Å². The number of anilines is 4. The minimum atomic E-state index is -0.600. The van der Waals surface area contributed by atoms with Crippen LogP contribution in [0.2, 0.25) is 0 Å². The third-order valence-corrected chi connectivity index (χ3v) is 16.4. The Hall–Kier alpha value is -5.77. The Morgan fingerprint density at radius 2 is 1.23 bits per heavy atom. The molecule has 0 unspecified atom stereocenters. The predicted octanol–water partition coefficient (Wildman–Crippen LogP) is 18.5. The van der Waals surface area contributed by atoms with Crippen LogP contribution in [-0.4, -0.2) is 10.8 Å². The van der Waals surface area contributed by atoms with Crippen molar-refractivity contribution in [2.24, 2.45) is 4.99 Å². The summed E-state index contributed by atoms with van der Waals surface area (Å²) in [6.45, 7) is 43.5. The number of ether oxygens (including phenoxy) is 1. The monoisotopic (exact) mass is 1170 g/mol. The van der Waals surface area contributed by atoms with Crippen LogP contribution in [0.1, 0.15) is 201 Å². The van der Waals surface area contributed by atoms with Gasteiger partial charge in [0.1, 0.15) is 5.82 Å². The molecule has 3 heterocycles. The summed E-state index contributed by atoms with van der Waals surface area (Å²) in [6.07, 6.45) is 1.94. The van der Waals surface area contributed by atoms with Crippen molar-refractivity contribution in [3.05, 3.63) is 194 Å². The fraction of sp³-hybridized carbons (Fsp3) is 0.391. The average molecular weight is 1170 g/mol. The van der Waals surface area contributed by atoms with Gasteiger partial charge in [-0.25, -0.2) is 4.98 Å². The van der Waals surface area contributed by atoms with E-state index < -0.39 is 5.54 Å². The maximum Gasteiger partial charge on any atom is 2.00 e. The predicted molar refractivity (Wildman–Crippen MR) is 311 cm³/mol. The first-order valence-electron chi connectivity index (χ1n) is 27.1. The third-order valence-electron chi connectivity index (χ3n) is 16.4. The van der Waals surface area contributed by atoms with Crippen LogP contribution in [-0.2, 0) is 48.3 Å². The number of rotatable bonds is 7. The molecule has 6 aromatic carbocycles. The zero-order valence-electron chi connectivity index (χ0n) is 48.1. The quantitative estimate of drug-likeness (QED) is 0.149. The van der Waals surface area contributed by atoms with E-state index in [2.05, 4.69) is 257 Å². The third kappa shape index (κ3) is 9.11. The molecule has 0 saturated heterocycles. The van der Waals surface area contributed by atoms with Gasteiger partial charge >= 0.3 is 21.1 Å². The molecule has 7 aromatic rings. The molecule has 0 radical (unpaired) electrons. The zero-order chi connectivity index (χ0) is 53.4. The topological polar surface area (TPSA) is 41.0 Å². The van der Waals surface area contributed by atoms with Crippen LogP contribution in [0.3, 0.4) is 0 Å². The number of nitrogens with zero attached hydrogens (tertiary/aromatic N) is 4. The summed E-state index contributed by atoms with van der Waals surface area (Å²) in [7, 11) is 0. The van der Waals surface area contributed by atoms with Gasteiger partial charge in [0.25, 0.3) is 0 Å². The molecule has 0 N–H and O–H groups in total. The second kappa shape index (κ2) is 18.8. The number of pyridine rings is 1. The molecule has 0 spiro atoms. The van der Waals surface area contributed by atoms with Gasteiger partial charge in [-0.1, -0.05) is 208 Å². The van der Waals surface area contributed by atoms with E-state index in [1.165, 1.54) is 72.4 Å². The minimum absolute atomic E-state index is 0. The van der Waals surface area contributed by atoms with E-state index in [0.29, 0.717) is 11.5 Å². The number of aryl methyl sites for hydroxylation is 3. The summed E-state index contributed by atoms with van der Waals surface area (Å²) < 4.78 is 7.17. The van der Waals surface area contributed by atoms with Crippen LogP contribution >= 0.6 is 0 Å². The Bertz CT molecular complexity index is 3400. The molecular weight excluding hydrogens is 1100 g/mol. The van der Waals surface area contributed by atoms with Gasteiger partial charge in [-0.15, -0.1) is 34.4 Å². The van der Waals surface area contributed by atoms with Crippen LogP contribution < -0.4 is 14.5 Å². The SMILES string of the molecule is Cc1cc(Oc2[c-]c3c(cc2C)C(C)(C)c2cc(C)ccc2N3c2cc(C(C)(C)C)ccn2)[c-]c(C2=N[C@@H]3c4ccc(C(C)(C)C)cc4-c4cc(C(C)(C)C)ccc4[C@]3(C)N2c2c(C(C)C)cccc2C(C)C)c1.[Pt+2]. The van der Waals surface area contributed by atoms with Crippen molar-refractivity contribution in [2.75, 3.05) is 9.80 Å². The molecular formula is C69H78N4OPt. The first kappa shape index (κ1) is 54.0. The summed E-state index contributed by atoms with van der Waals surface area (Å²) >= 11 is 0. The molecule has 0 bridgehead atoms. The summed E-state index contributed by atoms with van der Waals surface area (Å²) in [5, 5.41) is 0. The summed E-state index contributed by atoms with van der Waals surface area (Å²) in [5.74, 6) is 3.56. The second-order valence-corrected chi connectivity index (χ2v) is 26.2. The van der Waals surface area contributed by atoms with Crippen molar-refractivity contribution in [1.29, 1.82) is 0 Å². The normalized spacial score (nSPS) is 17.7. The molecule has 1 aliphatic carbocycles. The van der Waals surface area contributed by atoms with Crippen LogP contribution in [0.25, 0.3) is 11.1 Å². The van der Waals surface area contributed by atoms with E-state index in [1.54, 1.807) is 0 Å². The van der Waals surface area contributed by atoms with Gasteiger partial charge in [-0.2, -0.15) is 6.07 Å². The average Bonchev–Trinajstić information content (AvgIpc) is 3.64. The van der Waals surface area contributed by atoms with Crippen molar-refractivity contribution in [3.8, 4) is 22.6 Å². The Labute approximate surface area is 464 Å². The van der Waals surface area contributed by atoms with E-state index in [4.69, 9.17) is 14.7 Å². The van der Waals surface area contributed by atoms with Gasteiger partial charge in [0, 0.05) is 29.1 Å². The van der Waals surface area contributed by atoms with Crippen molar-refractivity contribution >= 4 is 28.7 Å². The molecule has 10 rings (SSSR count). The van der Waals surface area contributed by atoms with E-state index >= 15 is 0 Å². The largest absolute Gasteiger partial charge is 2.00 e. The maximum atomic E-state index is 7.17. The van der Waals surface area contributed by atoms with Crippen molar-refractivity contribution in [2.45, 2.75) is 177 Å². The molecule has 2 atom stereocenters. The Morgan fingerprint density at radius 1 is 0.613 bits per heavy atom. The first-order valence-corrected chi connectivity index (χ1v) is 27.1. The molecule has 390 valence electrons. The number of benzene rings is 6. The van der Waals surface area contributed by atoms with Gasteiger partial charge in [0.2, 0.25) is 0 Å². The molecule has 5 nitrogen and oxygen atoms in total. The van der Waals surface area contributed by atoms with Gasteiger partial charge in [0.15, 0.2) is 0 Å². The van der Waals surface area contributed by atoms with Crippen molar-refractivity contribution < 1.29 is 25.8 Å². The van der Waals surface area contributed by atoms with E-state index in [9.17, 15) is 0 Å². The van der Waals surface area contributed by atoms with Crippen LogP contribution in [0.5, 0.6) is 11.5 Å². The number of hydrogen-bond donors (Lipinski definition) is 0. The minimum Gasteiger partial charge on any atom is -0.503 e. The Morgan fingerprint density at radius 3 is 1.85 bits per heavy atom. The van der Waals surface area contributed by atoms with Crippen LogP contribution in [0, 0.1) is 32.9 Å². The fourth-order valence-electron chi connectivity index (χ4n) is 12.0. The maximum absolute atomic E-state index is 7.17. The van der Waals surface area contributed by atoms with Gasteiger partial charge < -0.3 is 19.5 Å². The molecule has 3 aliphatic rings. The summed E-state index contributed by atoms with van der Waals surface area (Å²) in [6, 6.07) is 46.7. The Kier molecular flexibility index (Phi) is 13.5. The van der Waals surface area contributed by atoms with Crippen LogP contribution in [0.15, 0.2) is 114 Å². The Balaban J connectivity index is 0.00000689. The van der Waals surface area contributed by atoms with E-state index in [1.807, 2.05) is 6.20 Å². The standard InChI is InChI=1S/C69H78N4O.Pt/c1-40(2)50-21-20-22-51(41(3)4)62(50)73-64(71-63-52-26-24-46(65(8,9)10)36-53(52)54-37-47(66(11,12)13)25-27-55(54)69(63,73)19)45-31-43(6)32-49(35-45)74-60-39-59-57(34-44(60)7)68(17,18)56-33-42(5)23-28-58(56)72(59)61-38-48(29-30-70-61)67(14,15)16;/h20-34,36-38,40-41,63H,1-19H3;/q-2;+2/t63-,69+;/m1./s1. The second-order valence-electron chi connectivity index (χ2n) is 26.2. The number of amidine groups is 1. The number of hydrogen-bond acceptors (Lipinski definition) is 5. The molecule has 75 heavy (non-hydrogen) atoms. The molecule has 2 aliphatic heterocycles. The van der Waals surface area contributed by atoms with E-state index in [-0.39, 0.29) is 60.6 Å². The number of fused-ring (bicyclic) bond motifs is 8. The van der Waals surface area contributed by atoms with Gasteiger partial charge in [-0.3, -0.25) is 0 Å². The molecule has 0 fully saturated rings. The molecule has 0 saturated carbocycles. The smallest absolute Gasteiger partial charge is 0.503 e. The fourth-order valence-corrected chi connectivity index (χ4v) is 12.0. The van der Waals surface area contributed by atoms with Gasteiger partial charge in [-0.05, 0) is 121 Å². The number of aliphatic imine (C=N–C) groups is 1. The number of para-hydroxylation sites is 1. The summed E-state index contributed by atoms with van der Waals surface area (Å²) in [5.41, 5.74) is 20.5. The molecule has 1 aromatic heterocycles. The first-order chi connectivity index (χ1) is 34.6. The van der Waals surface area contributed by atoms with Crippen molar-refractivity contribution in [1.82, 2.24) is 4.98 Å². The van der Waals surface area contributed by atoms with Crippen molar-refractivity contribution in [3.63, 3.8) is 0 Å². The summed E-state index contributed by atoms with van der Waals surface area (Å²) in [4.78, 5) is 16.0. The zero-order valence-corrected chi connectivity index (χ0v) is 50.4. The van der Waals surface area contributed by atoms with E-state index in [0.717, 1.165) is 39.7 Å². The molecule has 0 amide bonds. The molecule has 6 heteroatoms.